The minimum atomic E-state index is -0.795. The standard InChI is InChI=1S/C22H22O8/c1-12(22(24)28-5)29-14-7-8-15-17(11-14)30-18(19(15)23)10-13-6-9-16(25-2)21(27-4)20(13)26-3/h6-12H,1-5H3/t12-/m1/s1. The summed E-state index contributed by atoms with van der Waals surface area (Å²) in [5.41, 5.74) is 0.973. The molecule has 1 atom stereocenters. The fourth-order valence-corrected chi connectivity index (χ4v) is 3.04. The van der Waals surface area contributed by atoms with Crippen LogP contribution in [-0.4, -0.2) is 46.3 Å². The van der Waals surface area contributed by atoms with Crippen LogP contribution >= 0.6 is 0 Å². The van der Waals surface area contributed by atoms with Crippen LogP contribution in [-0.2, 0) is 9.53 Å². The third-order valence-electron chi connectivity index (χ3n) is 4.51. The van der Waals surface area contributed by atoms with Gasteiger partial charge in [0.05, 0.1) is 34.0 Å². The number of Topliss-reactive ketones (excluding diaryl/α,β-unsaturated/α-hetero) is 1. The monoisotopic (exact) mass is 414 g/mol. The molecule has 0 bridgehead atoms. The lowest BCUT2D eigenvalue weighted by Crippen LogP contribution is -2.24. The van der Waals surface area contributed by atoms with Crippen molar-refractivity contribution in [1.29, 1.82) is 0 Å². The highest BCUT2D eigenvalue weighted by atomic mass is 16.6. The van der Waals surface area contributed by atoms with Crippen LogP contribution in [0.1, 0.15) is 22.8 Å². The Morgan fingerprint density at radius 3 is 2.37 bits per heavy atom. The normalized spacial score (nSPS) is 14.6. The van der Waals surface area contributed by atoms with E-state index in [-0.39, 0.29) is 11.5 Å². The molecule has 158 valence electrons. The Bertz CT molecular complexity index is 1010. The highest BCUT2D eigenvalue weighted by molar-refractivity contribution is 6.14. The van der Waals surface area contributed by atoms with Gasteiger partial charge in [0.25, 0.3) is 0 Å². The molecule has 0 amide bonds. The van der Waals surface area contributed by atoms with Crippen LogP contribution in [0.3, 0.4) is 0 Å². The zero-order chi connectivity index (χ0) is 21.8. The second-order valence-corrected chi connectivity index (χ2v) is 6.30. The Morgan fingerprint density at radius 2 is 1.73 bits per heavy atom. The number of esters is 1. The summed E-state index contributed by atoms with van der Waals surface area (Å²) >= 11 is 0. The van der Waals surface area contributed by atoms with E-state index in [9.17, 15) is 9.59 Å². The molecule has 0 saturated heterocycles. The summed E-state index contributed by atoms with van der Waals surface area (Å²) in [6.45, 7) is 1.57. The summed E-state index contributed by atoms with van der Waals surface area (Å²) in [4.78, 5) is 24.3. The predicted octanol–water partition coefficient (Wildman–Crippen LogP) is 3.27. The summed E-state index contributed by atoms with van der Waals surface area (Å²) in [6.07, 6.45) is 0.775. The number of ketones is 1. The molecule has 2 aromatic carbocycles. The summed E-state index contributed by atoms with van der Waals surface area (Å²) in [6, 6.07) is 8.18. The second-order valence-electron chi connectivity index (χ2n) is 6.30. The van der Waals surface area contributed by atoms with Crippen molar-refractivity contribution >= 4 is 17.8 Å². The quantitative estimate of drug-likeness (QED) is 0.504. The molecule has 8 heteroatoms. The molecule has 0 aliphatic carbocycles. The number of carbonyl (C=O) groups excluding carboxylic acids is 2. The highest BCUT2D eigenvalue weighted by Gasteiger charge is 2.29. The van der Waals surface area contributed by atoms with Gasteiger partial charge in [0.15, 0.2) is 23.4 Å². The highest BCUT2D eigenvalue weighted by Crippen LogP contribution is 2.42. The molecular formula is C22H22O8. The van der Waals surface area contributed by atoms with Gasteiger partial charge in [0.1, 0.15) is 11.5 Å². The molecule has 0 N–H and O–H groups in total. The van der Waals surface area contributed by atoms with Gasteiger partial charge >= 0.3 is 5.97 Å². The van der Waals surface area contributed by atoms with E-state index < -0.39 is 12.1 Å². The smallest absolute Gasteiger partial charge is 0.346 e. The van der Waals surface area contributed by atoms with Crippen molar-refractivity contribution in [3.05, 3.63) is 47.2 Å². The molecule has 1 aliphatic rings. The molecule has 0 aromatic heterocycles. The number of benzene rings is 2. The zero-order valence-corrected chi connectivity index (χ0v) is 17.3. The van der Waals surface area contributed by atoms with Crippen molar-refractivity contribution in [2.75, 3.05) is 28.4 Å². The van der Waals surface area contributed by atoms with E-state index in [2.05, 4.69) is 4.74 Å². The van der Waals surface area contributed by atoms with Crippen LogP contribution in [0.25, 0.3) is 6.08 Å². The van der Waals surface area contributed by atoms with Crippen LogP contribution in [0, 0.1) is 0 Å². The fourth-order valence-electron chi connectivity index (χ4n) is 3.04. The number of fused-ring (bicyclic) bond motifs is 1. The summed E-state index contributed by atoms with van der Waals surface area (Å²) < 4.78 is 32.0. The number of methoxy groups -OCH3 is 4. The molecule has 30 heavy (non-hydrogen) atoms. The van der Waals surface area contributed by atoms with Crippen molar-refractivity contribution < 1.29 is 38.0 Å². The van der Waals surface area contributed by atoms with Crippen molar-refractivity contribution in [3.63, 3.8) is 0 Å². The Morgan fingerprint density at radius 1 is 1.00 bits per heavy atom. The van der Waals surface area contributed by atoms with Crippen LogP contribution in [0.5, 0.6) is 28.7 Å². The molecule has 0 fully saturated rings. The molecule has 0 radical (unpaired) electrons. The maximum atomic E-state index is 12.8. The average molecular weight is 414 g/mol. The van der Waals surface area contributed by atoms with Crippen molar-refractivity contribution in [2.45, 2.75) is 13.0 Å². The van der Waals surface area contributed by atoms with E-state index in [4.69, 9.17) is 23.7 Å². The first kappa shape index (κ1) is 21.0. The van der Waals surface area contributed by atoms with Crippen LogP contribution in [0.15, 0.2) is 36.1 Å². The SMILES string of the molecule is COC(=O)[C@@H](C)Oc1ccc2c(c1)OC(=Cc1ccc(OC)c(OC)c1OC)C2=O. The second kappa shape index (κ2) is 8.77. The minimum absolute atomic E-state index is 0.119. The average Bonchev–Trinajstić information content (AvgIpc) is 3.06. The molecule has 0 spiro atoms. The zero-order valence-electron chi connectivity index (χ0n) is 17.3. The molecule has 2 aromatic rings. The largest absolute Gasteiger partial charge is 0.493 e. The Labute approximate surface area is 173 Å². The van der Waals surface area contributed by atoms with E-state index in [0.717, 1.165) is 0 Å². The first-order valence-corrected chi connectivity index (χ1v) is 9.05. The molecule has 8 nitrogen and oxygen atoms in total. The summed E-state index contributed by atoms with van der Waals surface area (Å²) in [5, 5.41) is 0. The lowest BCUT2D eigenvalue weighted by atomic mass is 10.1. The molecule has 3 rings (SSSR count). The van der Waals surface area contributed by atoms with Gasteiger partial charge in [-0.25, -0.2) is 4.79 Å². The lowest BCUT2D eigenvalue weighted by molar-refractivity contribution is -0.147. The van der Waals surface area contributed by atoms with Crippen LogP contribution in [0.2, 0.25) is 0 Å². The third-order valence-corrected chi connectivity index (χ3v) is 4.51. The van der Waals surface area contributed by atoms with Gasteiger partial charge in [0, 0.05) is 11.6 Å². The number of ether oxygens (including phenoxy) is 6. The van der Waals surface area contributed by atoms with Gasteiger partial charge in [-0.3, -0.25) is 4.79 Å². The third kappa shape index (κ3) is 3.89. The fraction of sp³-hybridized carbons (Fsp3) is 0.273. The van der Waals surface area contributed by atoms with Crippen molar-refractivity contribution in [3.8, 4) is 28.7 Å². The number of carbonyl (C=O) groups is 2. The van der Waals surface area contributed by atoms with Crippen molar-refractivity contribution in [1.82, 2.24) is 0 Å². The number of hydrogen-bond acceptors (Lipinski definition) is 8. The molecular weight excluding hydrogens is 392 g/mol. The van der Waals surface area contributed by atoms with Crippen molar-refractivity contribution in [2.24, 2.45) is 0 Å². The number of rotatable bonds is 7. The minimum Gasteiger partial charge on any atom is -0.493 e. The molecule has 0 saturated carbocycles. The van der Waals surface area contributed by atoms with Gasteiger partial charge < -0.3 is 28.4 Å². The number of allylic oxidation sites excluding steroid dienone is 1. The Hall–Kier alpha value is -3.68. The topological polar surface area (TPSA) is 89.5 Å². The van der Waals surface area contributed by atoms with E-state index in [1.807, 2.05) is 0 Å². The van der Waals surface area contributed by atoms with Gasteiger partial charge in [-0.05, 0) is 37.3 Å². The first-order valence-electron chi connectivity index (χ1n) is 9.05. The van der Waals surface area contributed by atoms with Gasteiger partial charge in [-0.1, -0.05) is 0 Å². The van der Waals surface area contributed by atoms with Gasteiger partial charge in [0.2, 0.25) is 11.5 Å². The molecule has 1 aliphatic heterocycles. The Balaban J connectivity index is 1.91. The van der Waals surface area contributed by atoms with Crippen LogP contribution in [0.4, 0.5) is 0 Å². The summed E-state index contributed by atoms with van der Waals surface area (Å²) in [5.74, 6) is 1.36. The van der Waals surface area contributed by atoms with E-state index >= 15 is 0 Å². The van der Waals surface area contributed by atoms with E-state index in [0.29, 0.717) is 39.9 Å². The summed E-state index contributed by atoms with van der Waals surface area (Å²) in [7, 11) is 5.81. The predicted molar refractivity (Wildman–Crippen MR) is 108 cm³/mol. The Kier molecular flexibility index (Phi) is 6.15. The number of hydrogen-bond donors (Lipinski definition) is 0. The lowest BCUT2D eigenvalue weighted by Gasteiger charge is -2.14. The van der Waals surface area contributed by atoms with Gasteiger partial charge in [-0.15, -0.1) is 0 Å². The maximum Gasteiger partial charge on any atom is 0.346 e. The molecule has 1 heterocycles. The van der Waals surface area contributed by atoms with Crippen LogP contribution < -0.4 is 23.7 Å². The van der Waals surface area contributed by atoms with E-state index in [1.54, 1.807) is 43.3 Å². The maximum absolute atomic E-state index is 12.8. The van der Waals surface area contributed by atoms with E-state index in [1.165, 1.54) is 28.4 Å². The molecule has 0 unspecified atom stereocenters. The first-order chi connectivity index (χ1) is 14.4. The van der Waals surface area contributed by atoms with Gasteiger partial charge in [-0.2, -0.15) is 0 Å².